The molecule has 0 bridgehead atoms. The predicted octanol–water partition coefficient (Wildman–Crippen LogP) is 9.48. The molecule has 0 unspecified atom stereocenters. The molecule has 0 spiro atoms. The molecule has 0 saturated carbocycles. The van der Waals surface area contributed by atoms with Crippen LogP contribution < -0.4 is 4.90 Å². The number of hydrogen-bond donors (Lipinski definition) is 0. The summed E-state index contributed by atoms with van der Waals surface area (Å²) in [5, 5.41) is 2.30. The van der Waals surface area contributed by atoms with Crippen molar-refractivity contribution in [1.29, 1.82) is 0 Å². The zero-order valence-corrected chi connectivity index (χ0v) is 22.1. The minimum absolute atomic E-state index is 0.691. The maximum absolute atomic E-state index is 5.10. The molecule has 0 radical (unpaired) electrons. The van der Waals surface area contributed by atoms with E-state index in [1.54, 1.807) is 0 Å². The van der Waals surface area contributed by atoms with Crippen LogP contribution in [0.3, 0.4) is 0 Å². The first-order valence-corrected chi connectivity index (χ1v) is 13.7. The van der Waals surface area contributed by atoms with Gasteiger partial charge in [-0.3, -0.25) is 4.98 Å². The lowest BCUT2D eigenvalue weighted by Gasteiger charge is -2.33. The van der Waals surface area contributed by atoms with E-state index in [-0.39, 0.29) is 0 Å². The van der Waals surface area contributed by atoms with Crippen LogP contribution in [0.4, 0.5) is 17.1 Å². The molecule has 7 aromatic rings. The van der Waals surface area contributed by atoms with Crippen molar-refractivity contribution in [2.75, 3.05) is 4.90 Å². The highest BCUT2D eigenvalue weighted by atomic mass is 15.2. The average Bonchev–Trinajstić information content (AvgIpc) is 3.06. The zero-order chi connectivity index (χ0) is 27.2. The third-order valence-corrected chi connectivity index (χ3v) is 7.62. The van der Waals surface area contributed by atoms with Crippen LogP contribution in [0.15, 0.2) is 146 Å². The van der Waals surface area contributed by atoms with Crippen LogP contribution in [0.1, 0.15) is 0 Å². The Kier molecular flexibility index (Phi) is 5.42. The Morgan fingerprint density at radius 1 is 0.488 bits per heavy atom. The first-order valence-electron chi connectivity index (χ1n) is 13.7. The molecule has 8 rings (SSSR count). The number of hydrogen-bond acceptors (Lipinski definition) is 4. The number of benzene rings is 5. The molecule has 0 N–H and O–H groups in total. The Balaban J connectivity index is 1.38. The lowest BCUT2D eigenvalue weighted by atomic mass is 9.91. The van der Waals surface area contributed by atoms with E-state index < -0.39 is 0 Å². The van der Waals surface area contributed by atoms with Crippen LogP contribution >= 0.6 is 0 Å². The molecule has 0 amide bonds. The van der Waals surface area contributed by atoms with Crippen LogP contribution in [0.2, 0.25) is 0 Å². The van der Waals surface area contributed by atoms with Gasteiger partial charge in [0.1, 0.15) is 0 Å². The standard InChI is InChI=1S/C37H24N4/c1-4-12-25(13-5-1)31-24-32(26-14-6-2-7-15-26)40-37(39-31)28-22-27-16-10-19-33-35(27)30(23-28)36-34(20-11-21-38-36)41(33)29-17-8-3-9-18-29/h1-24H. The van der Waals surface area contributed by atoms with Crippen molar-refractivity contribution in [2.24, 2.45) is 0 Å². The number of aromatic nitrogens is 3. The summed E-state index contributed by atoms with van der Waals surface area (Å²) in [4.78, 5) is 17.4. The summed E-state index contributed by atoms with van der Waals surface area (Å²) in [6, 6.07) is 48.2. The molecule has 41 heavy (non-hydrogen) atoms. The van der Waals surface area contributed by atoms with Gasteiger partial charge in [-0.05, 0) is 53.9 Å². The minimum Gasteiger partial charge on any atom is -0.308 e. The number of para-hydroxylation sites is 1. The van der Waals surface area contributed by atoms with E-state index in [1.165, 1.54) is 5.39 Å². The number of nitrogens with zero attached hydrogens (tertiary/aromatic N) is 4. The van der Waals surface area contributed by atoms with Crippen LogP contribution in [0.5, 0.6) is 0 Å². The normalized spacial score (nSPS) is 11.9. The third kappa shape index (κ3) is 3.97. The Hall–Kier alpha value is -5.61. The molecular formula is C37H24N4. The number of anilines is 3. The summed E-state index contributed by atoms with van der Waals surface area (Å²) < 4.78 is 0. The topological polar surface area (TPSA) is 41.9 Å². The van der Waals surface area contributed by atoms with E-state index >= 15 is 0 Å². The van der Waals surface area contributed by atoms with Crippen molar-refractivity contribution in [1.82, 2.24) is 15.0 Å². The second kappa shape index (κ2) is 9.54. The lowest BCUT2D eigenvalue weighted by molar-refractivity contribution is 1.18. The van der Waals surface area contributed by atoms with E-state index in [4.69, 9.17) is 15.0 Å². The van der Waals surface area contributed by atoms with Gasteiger partial charge in [0.15, 0.2) is 5.82 Å². The van der Waals surface area contributed by atoms with E-state index in [1.807, 2.05) is 54.7 Å². The molecule has 5 aromatic carbocycles. The summed E-state index contributed by atoms with van der Waals surface area (Å²) in [5.74, 6) is 0.691. The van der Waals surface area contributed by atoms with Gasteiger partial charge in [-0.1, -0.05) is 91.0 Å². The Bertz CT molecular complexity index is 1980. The zero-order valence-electron chi connectivity index (χ0n) is 22.1. The molecule has 1 aliphatic heterocycles. The summed E-state index contributed by atoms with van der Waals surface area (Å²) in [7, 11) is 0. The quantitative estimate of drug-likeness (QED) is 0.230. The van der Waals surface area contributed by atoms with Crippen LogP contribution in [-0.4, -0.2) is 15.0 Å². The number of fused-ring (bicyclic) bond motifs is 2. The van der Waals surface area contributed by atoms with Crippen molar-refractivity contribution >= 4 is 27.8 Å². The highest BCUT2D eigenvalue weighted by Crippen LogP contribution is 2.50. The summed E-state index contributed by atoms with van der Waals surface area (Å²) >= 11 is 0. The van der Waals surface area contributed by atoms with Gasteiger partial charge in [0.25, 0.3) is 0 Å². The second-order valence-corrected chi connectivity index (χ2v) is 10.1. The first kappa shape index (κ1) is 23.3. The van der Waals surface area contributed by atoms with E-state index in [2.05, 4.69) is 95.9 Å². The van der Waals surface area contributed by atoms with Gasteiger partial charge in [-0.25, -0.2) is 9.97 Å². The van der Waals surface area contributed by atoms with Gasteiger partial charge >= 0.3 is 0 Å². The van der Waals surface area contributed by atoms with E-state index in [9.17, 15) is 0 Å². The summed E-state index contributed by atoms with van der Waals surface area (Å²) in [5.41, 5.74) is 10.2. The van der Waals surface area contributed by atoms with Gasteiger partial charge in [0.05, 0.1) is 28.5 Å². The maximum atomic E-state index is 5.10. The van der Waals surface area contributed by atoms with Gasteiger partial charge in [0, 0.05) is 39.5 Å². The Labute approximate surface area is 238 Å². The van der Waals surface area contributed by atoms with Crippen LogP contribution in [-0.2, 0) is 0 Å². The fourth-order valence-electron chi connectivity index (χ4n) is 5.77. The van der Waals surface area contributed by atoms with Crippen molar-refractivity contribution in [3.8, 4) is 45.2 Å². The highest BCUT2D eigenvalue weighted by molar-refractivity contribution is 6.14. The van der Waals surface area contributed by atoms with E-state index in [0.29, 0.717) is 5.82 Å². The molecule has 1 aliphatic rings. The maximum Gasteiger partial charge on any atom is 0.160 e. The molecule has 0 saturated heterocycles. The lowest BCUT2D eigenvalue weighted by Crippen LogP contribution is -2.15. The smallest absolute Gasteiger partial charge is 0.160 e. The van der Waals surface area contributed by atoms with Gasteiger partial charge in [0.2, 0.25) is 0 Å². The number of rotatable bonds is 4. The fraction of sp³-hybridized carbons (Fsp3) is 0. The first-order chi connectivity index (χ1) is 20.3. The van der Waals surface area contributed by atoms with Crippen LogP contribution in [0, 0.1) is 0 Å². The Morgan fingerprint density at radius 3 is 1.80 bits per heavy atom. The molecule has 0 atom stereocenters. The third-order valence-electron chi connectivity index (χ3n) is 7.62. The summed E-state index contributed by atoms with van der Waals surface area (Å²) in [6.07, 6.45) is 1.87. The SMILES string of the molecule is c1ccc(-c2cc(-c3ccccc3)nc(-c3cc4c5c(cccc5c3)N(c3ccccc3)c3cccnc3-4)n2)cc1. The molecule has 4 nitrogen and oxygen atoms in total. The van der Waals surface area contributed by atoms with Crippen LogP contribution in [0.25, 0.3) is 55.9 Å². The highest BCUT2D eigenvalue weighted by Gasteiger charge is 2.27. The van der Waals surface area contributed by atoms with Crippen molar-refractivity contribution < 1.29 is 0 Å². The second-order valence-electron chi connectivity index (χ2n) is 10.1. The molecule has 192 valence electrons. The molecular weight excluding hydrogens is 500 g/mol. The Morgan fingerprint density at radius 2 is 1.12 bits per heavy atom. The average molecular weight is 525 g/mol. The fourth-order valence-corrected chi connectivity index (χ4v) is 5.77. The number of pyridine rings is 1. The minimum atomic E-state index is 0.691. The predicted molar refractivity (Wildman–Crippen MR) is 167 cm³/mol. The monoisotopic (exact) mass is 524 g/mol. The van der Waals surface area contributed by atoms with Crippen molar-refractivity contribution in [3.05, 3.63) is 146 Å². The molecule has 4 heteroatoms. The molecule has 2 aromatic heterocycles. The molecule has 0 aliphatic carbocycles. The van der Waals surface area contributed by atoms with Gasteiger partial charge in [-0.2, -0.15) is 0 Å². The van der Waals surface area contributed by atoms with E-state index in [0.717, 1.165) is 61.8 Å². The molecule has 3 heterocycles. The van der Waals surface area contributed by atoms with Crippen molar-refractivity contribution in [2.45, 2.75) is 0 Å². The summed E-state index contributed by atoms with van der Waals surface area (Å²) in [6.45, 7) is 0. The van der Waals surface area contributed by atoms with Gasteiger partial charge < -0.3 is 4.90 Å². The van der Waals surface area contributed by atoms with Crippen molar-refractivity contribution in [3.63, 3.8) is 0 Å². The molecule has 0 fully saturated rings. The largest absolute Gasteiger partial charge is 0.308 e. The van der Waals surface area contributed by atoms with Gasteiger partial charge in [-0.15, -0.1) is 0 Å².